The zero-order chi connectivity index (χ0) is 21.5. The first kappa shape index (κ1) is 22.6. The minimum Gasteiger partial charge on any atom is -0.0842 e. The van der Waals surface area contributed by atoms with Gasteiger partial charge in [0.1, 0.15) is 0 Å². The molecule has 0 heteroatoms. The Balaban J connectivity index is 1.51. The molecule has 0 aliphatic heterocycles. The Bertz CT molecular complexity index is 772. The van der Waals surface area contributed by atoms with Crippen molar-refractivity contribution in [3.05, 3.63) is 65.8 Å². The van der Waals surface area contributed by atoms with Gasteiger partial charge in [0.25, 0.3) is 0 Å². The average Bonchev–Trinajstić information content (AvgIpc) is 2.85. The summed E-state index contributed by atoms with van der Waals surface area (Å²) in [5, 5.41) is 0. The van der Waals surface area contributed by atoms with Gasteiger partial charge in [0, 0.05) is 5.41 Å². The molecule has 31 heavy (non-hydrogen) atoms. The fraction of sp³-hybridized carbons (Fsp3) is 0.613. The molecule has 0 nitrogen and oxygen atoms in total. The first-order valence-electron chi connectivity index (χ1n) is 13.4. The number of rotatable bonds is 8. The van der Waals surface area contributed by atoms with Crippen molar-refractivity contribution in [1.82, 2.24) is 0 Å². The van der Waals surface area contributed by atoms with Crippen molar-refractivity contribution in [2.75, 3.05) is 0 Å². The molecule has 0 heterocycles. The monoisotopic (exact) mass is 416 g/mol. The topological polar surface area (TPSA) is 0 Å². The Morgan fingerprint density at radius 3 is 2.29 bits per heavy atom. The molecule has 1 aromatic carbocycles. The van der Waals surface area contributed by atoms with Crippen molar-refractivity contribution in [1.29, 1.82) is 0 Å². The maximum Gasteiger partial charge on any atom is 0.0157 e. The van der Waals surface area contributed by atoms with Crippen molar-refractivity contribution in [2.24, 2.45) is 23.2 Å². The van der Waals surface area contributed by atoms with Gasteiger partial charge in [-0.2, -0.15) is 0 Å². The standard InChI is InChI=1S/C31H44/c1-3-5-7-10-26-15-19-30(20-16-26)31(29-17-13-25(4-2)14-18-29)23-21-28(22-24-31)27-11-8-6-9-12-27/h6,8-9,11-12,17,21-23,25-26,30H,3-5,7,10,13-16,18-20,24H2,1-2H3. The third kappa shape index (κ3) is 5.27. The highest BCUT2D eigenvalue weighted by molar-refractivity contribution is 5.75. The lowest BCUT2D eigenvalue weighted by molar-refractivity contribution is 0.160. The van der Waals surface area contributed by atoms with E-state index in [2.05, 4.69) is 68.5 Å². The highest BCUT2D eigenvalue weighted by Gasteiger charge is 2.42. The summed E-state index contributed by atoms with van der Waals surface area (Å²) >= 11 is 0. The van der Waals surface area contributed by atoms with Gasteiger partial charge in [-0.25, -0.2) is 0 Å². The molecule has 0 radical (unpaired) electrons. The number of unbranched alkanes of at least 4 members (excludes halogenated alkanes) is 2. The number of benzene rings is 1. The van der Waals surface area contributed by atoms with Gasteiger partial charge in [0.15, 0.2) is 0 Å². The SMILES string of the molecule is CCCCCC1CCC(C2(C3=CCC(CC)CC3)C=CC(c3ccccc3)=CC2)CC1. The summed E-state index contributed by atoms with van der Waals surface area (Å²) in [6.45, 7) is 4.70. The van der Waals surface area contributed by atoms with Gasteiger partial charge in [0.2, 0.25) is 0 Å². The van der Waals surface area contributed by atoms with Crippen LogP contribution in [-0.4, -0.2) is 0 Å². The van der Waals surface area contributed by atoms with E-state index in [1.54, 1.807) is 5.57 Å². The van der Waals surface area contributed by atoms with Crippen molar-refractivity contribution < 1.29 is 0 Å². The molecule has 3 aliphatic rings. The summed E-state index contributed by atoms with van der Waals surface area (Å²) in [6.07, 6.45) is 28.5. The van der Waals surface area contributed by atoms with Crippen LogP contribution in [0.4, 0.5) is 0 Å². The number of allylic oxidation sites excluding steroid dienone is 6. The molecule has 0 spiro atoms. The largest absolute Gasteiger partial charge is 0.0842 e. The van der Waals surface area contributed by atoms with Crippen molar-refractivity contribution in [2.45, 2.75) is 97.3 Å². The zero-order valence-electron chi connectivity index (χ0n) is 20.1. The first-order valence-corrected chi connectivity index (χ1v) is 13.4. The van der Waals surface area contributed by atoms with Crippen LogP contribution in [0.3, 0.4) is 0 Å². The van der Waals surface area contributed by atoms with Gasteiger partial charge in [-0.1, -0.05) is 119 Å². The van der Waals surface area contributed by atoms with E-state index in [9.17, 15) is 0 Å². The summed E-state index contributed by atoms with van der Waals surface area (Å²) in [5.74, 6) is 2.75. The fourth-order valence-electron chi connectivity index (χ4n) is 6.63. The summed E-state index contributed by atoms with van der Waals surface area (Å²) in [6, 6.07) is 11.0. The molecule has 2 atom stereocenters. The van der Waals surface area contributed by atoms with E-state index in [0.717, 1.165) is 17.8 Å². The molecule has 0 aromatic heterocycles. The third-order valence-corrected chi connectivity index (χ3v) is 8.81. The van der Waals surface area contributed by atoms with Crippen LogP contribution in [0, 0.1) is 23.2 Å². The molecule has 0 N–H and O–H groups in total. The molecule has 3 aliphatic carbocycles. The van der Waals surface area contributed by atoms with E-state index in [1.807, 2.05) is 0 Å². The normalized spacial score (nSPS) is 31.2. The average molecular weight is 417 g/mol. The van der Waals surface area contributed by atoms with Gasteiger partial charge < -0.3 is 0 Å². The van der Waals surface area contributed by atoms with Crippen LogP contribution >= 0.6 is 0 Å². The van der Waals surface area contributed by atoms with Gasteiger partial charge in [-0.3, -0.25) is 0 Å². The Labute approximate surface area is 191 Å². The predicted octanol–water partition coefficient (Wildman–Crippen LogP) is 9.54. The Hall–Kier alpha value is -1.56. The molecular weight excluding hydrogens is 372 g/mol. The minimum atomic E-state index is 0.297. The second-order valence-electron chi connectivity index (χ2n) is 10.6. The van der Waals surface area contributed by atoms with Gasteiger partial charge in [0.05, 0.1) is 0 Å². The zero-order valence-corrected chi connectivity index (χ0v) is 20.1. The maximum absolute atomic E-state index is 2.68. The van der Waals surface area contributed by atoms with Crippen LogP contribution in [0.25, 0.3) is 5.57 Å². The van der Waals surface area contributed by atoms with Crippen LogP contribution in [0.1, 0.15) is 103 Å². The quantitative estimate of drug-likeness (QED) is 0.292. The Morgan fingerprint density at radius 2 is 1.68 bits per heavy atom. The lowest BCUT2D eigenvalue weighted by atomic mass is 9.58. The Kier molecular flexibility index (Phi) is 7.91. The van der Waals surface area contributed by atoms with Gasteiger partial charge in [-0.15, -0.1) is 0 Å². The van der Waals surface area contributed by atoms with Crippen LogP contribution in [0.15, 0.2) is 60.2 Å². The summed E-state index contributed by atoms with van der Waals surface area (Å²) < 4.78 is 0. The molecule has 1 aromatic rings. The second kappa shape index (κ2) is 10.8. The summed E-state index contributed by atoms with van der Waals surface area (Å²) in [5.41, 5.74) is 4.87. The van der Waals surface area contributed by atoms with Crippen LogP contribution in [-0.2, 0) is 0 Å². The van der Waals surface area contributed by atoms with Gasteiger partial charge in [-0.05, 0) is 67.4 Å². The van der Waals surface area contributed by atoms with Gasteiger partial charge >= 0.3 is 0 Å². The molecule has 1 fully saturated rings. The fourth-order valence-corrected chi connectivity index (χ4v) is 6.63. The Morgan fingerprint density at radius 1 is 0.871 bits per heavy atom. The lowest BCUT2D eigenvalue weighted by Gasteiger charge is -2.46. The summed E-state index contributed by atoms with van der Waals surface area (Å²) in [7, 11) is 0. The van der Waals surface area contributed by atoms with Crippen molar-refractivity contribution >= 4 is 5.57 Å². The van der Waals surface area contributed by atoms with Crippen LogP contribution in [0.2, 0.25) is 0 Å². The molecule has 0 bridgehead atoms. The highest BCUT2D eigenvalue weighted by Crippen LogP contribution is 2.54. The number of hydrogen-bond donors (Lipinski definition) is 0. The number of hydrogen-bond acceptors (Lipinski definition) is 0. The third-order valence-electron chi connectivity index (χ3n) is 8.81. The van der Waals surface area contributed by atoms with Crippen molar-refractivity contribution in [3.63, 3.8) is 0 Å². The first-order chi connectivity index (χ1) is 15.2. The van der Waals surface area contributed by atoms with E-state index < -0.39 is 0 Å². The second-order valence-corrected chi connectivity index (χ2v) is 10.6. The molecule has 168 valence electrons. The van der Waals surface area contributed by atoms with E-state index in [1.165, 1.54) is 94.6 Å². The minimum absolute atomic E-state index is 0.297. The maximum atomic E-state index is 2.68. The molecule has 2 unspecified atom stereocenters. The van der Waals surface area contributed by atoms with Crippen LogP contribution < -0.4 is 0 Å². The molecule has 4 rings (SSSR count). The molecule has 0 amide bonds. The van der Waals surface area contributed by atoms with E-state index >= 15 is 0 Å². The predicted molar refractivity (Wildman–Crippen MR) is 136 cm³/mol. The lowest BCUT2D eigenvalue weighted by Crippen LogP contribution is -2.35. The molecule has 1 saturated carbocycles. The molecular formula is C31H44. The smallest absolute Gasteiger partial charge is 0.0157 e. The van der Waals surface area contributed by atoms with Crippen molar-refractivity contribution in [3.8, 4) is 0 Å². The van der Waals surface area contributed by atoms with E-state index in [0.29, 0.717) is 5.41 Å². The van der Waals surface area contributed by atoms with E-state index in [-0.39, 0.29) is 0 Å². The summed E-state index contributed by atoms with van der Waals surface area (Å²) in [4.78, 5) is 0. The van der Waals surface area contributed by atoms with E-state index in [4.69, 9.17) is 0 Å². The highest BCUT2D eigenvalue weighted by atomic mass is 14.5. The van der Waals surface area contributed by atoms with Crippen LogP contribution in [0.5, 0.6) is 0 Å². The molecule has 0 saturated heterocycles.